The van der Waals surface area contributed by atoms with Crippen LogP contribution in [0.4, 0.5) is 5.69 Å². The first kappa shape index (κ1) is 21.3. The van der Waals surface area contributed by atoms with Gasteiger partial charge in [-0.1, -0.05) is 13.8 Å². The Hall–Kier alpha value is -1.79. The minimum absolute atomic E-state index is 0. The fourth-order valence-corrected chi connectivity index (χ4v) is 2.69. The molecule has 2 rings (SSSR count). The van der Waals surface area contributed by atoms with Gasteiger partial charge in [-0.2, -0.15) is 0 Å². The molecule has 25 heavy (non-hydrogen) atoms. The molecular weight excluding hydrogens is 342 g/mol. The minimum Gasteiger partial charge on any atom is -0.484 e. The molecule has 0 radical (unpaired) electrons. The van der Waals surface area contributed by atoms with Crippen LogP contribution in [0.3, 0.4) is 0 Å². The van der Waals surface area contributed by atoms with Crippen LogP contribution in [0.1, 0.15) is 26.7 Å². The molecule has 0 unspecified atom stereocenters. The summed E-state index contributed by atoms with van der Waals surface area (Å²) >= 11 is 0. The average molecular weight is 370 g/mol. The molecule has 1 aromatic rings. The highest BCUT2D eigenvalue weighted by molar-refractivity contribution is 5.95. The molecule has 2 amide bonds. The lowest BCUT2D eigenvalue weighted by Gasteiger charge is -2.29. The van der Waals surface area contributed by atoms with Gasteiger partial charge in [-0.3, -0.25) is 9.59 Å². The highest BCUT2D eigenvalue weighted by Gasteiger charge is 2.22. The van der Waals surface area contributed by atoms with Crippen molar-refractivity contribution in [1.29, 1.82) is 0 Å². The number of amides is 2. The highest BCUT2D eigenvalue weighted by Crippen LogP contribution is 2.24. The number of hydrogen-bond acceptors (Lipinski definition) is 4. The third kappa shape index (κ3) is 5.90. The second kappa shape index (κ2) is 9.06. The lowest BCUT2D eigenvalue weighted by molar-refractivity contribution is -0.133. The zero-order chi connectivity index (χ0) is 17.7. The van der Waals surface area contributed by atoms with Crippen LogP contribution in [-0.2, 0) is 9.59 Å². The van der Waals surface area contributed by atoms with Gasteiger partial charge in [0.1, 0.15) is 5.75 Å². The number of halogens is 1. The molecule has 140 valence electrons. The number of benzene rings is 1. The van der Waals surface area contributed by atoms with Gasteiger partial charge in [0.05, 0.1) is 0 Å². The Kier molecular flexibility index (Phi) is 7.70. The van der Waals surface area contributed by atoms with E-state index in [-0.39, 0.29) is 36.2 Å². The predicted octanol–water partition coefficient (Wildman–Crippen LogP) is 2.06. The summed E-state index contributed by atoms with van der Waals surface area (Å²) < 4.78 is 5.56. The summed E-state index contributed by atoms with van der Waals surface area (Å²) in [5, 5.41) is 0. The van der Waals surface area contributed by atoms with Crippen LogP contribution in [-0.4, -0.2) is 50.0 Å². The van der Waals surface area contributed by atoms with E-state index in [4.69, 9.17) is 10.5 Å². The van der Waals surface area contributed by atoms with Crippen molar-refractivity contribution in [3.8, 4) is 5.75 Å². The molecule has 0 saturated carbocycles. The number of hydrogen-bond donors (Lipinski definition) is 1. The number of rotatable bonds is 7. The smallest absolute Gasteiger partial charge is 0.260 e. The van der Waals surface area contributed by atoms with E-state index < -0.39 is 0 Å². The molecule has 2 N–H and O–H groups in total. The molecule has 0 aliphatic carbocycles. The molecule has 0 atom stereocenters. The SMILES string of the molecule is CN(CC(C)(C)CN)C(=O)COc1ccc(N2CCCC2=O)cc1.Cl. The Morgan fingerprint density at radius 2 is 1.96 bits per heavy atom. The number of ether oxygens (including phenoxy) is 1. The monoisotopic (exact) mass is 369 g/mol. The first-order chi connectivity index (χ1) is 11.3. The zero-order valence-electron chi connectivity index (χ0n) is 15.2. The zero-order valence-corrected chi connectivity index (χ0v) is 16.0. The van der Waals surface area contributed by atoms with E-state index >= 15 is 0 Å². The van der Waals surface area contributed by atoms with Crippen molar-refractivity contribution in [1.82, 2.24) is 4.90 Å². The first-order valence-electron chi connectivity index (χ1n) is 8.30. The summed E-state index contributed by atoms with van der Waals surface area (Å²) in [4.78, 5) is 27.3. The number of anilines is 1. The Balaban J connectivity index is 0.00000312. The summed E-state index contributed by atoms with van der Waals surface area (Å²) in [5.41, 5.74) is 6.45. The van der Waals surface area contributed by atoms with Gasteiger partial charge in [0.25, 0.3) is 5.91 Å². The lowest BCUT2D eigenvalue weighted by atomic mass is 9.93. The molecule has 0 spiro atoms. The molecule has 0 aromatic heterocycles. The van der Waals surface area contributed by atoms with Crippen molar-refractivity contribution >= 4 is 29.9 Å². The third-order valence-corrected chi connectivity index (χ3v) is 4.23. The summed E-state index contributed by atoms with van der Waals surface area (Å²) in [6, 6.07) is 7.28. The average Bonchev–Trinajstić information content (AvgIpc) is 2.98. The molecule has 1 aromatic carbocycles. The number of carbonyl (C=O) groups is 2. The number of likely N-dealkylation sites (N-methyl/N-ethyl adjacent to an activating group) is 1. The van der Waals surface area contributed by atoms with Crippen molar-refractivity contribution in [2.45, 2.75) is 26.7 Å². The molecule has 6 nitrogen and oxygen atoms in total. The molecule has 1 aliphatic heterocycles. The van der Waals surface area contributed by atoms with Crippen molar-refractivity contribution in [2.24, 2.45) is 11.1 Å². The van der Waals surface area contributed by atoms with Crippen LogP contribution in [0, 0.1) is 5.41 Å². The standard InChI is InChI=1S/C18H27N3O3.ClH/c1-18(2,12-19)13-20(3)17(23)11-24-15-8-6-14(7-9-15)21-10-4-5-16(21)22;/h6-9H,4-5,10-13,19H2,1-3H3;1H. The van der Waals surface area contributed by atoms with E-state index in [9.17, 15) is 9.59 Å². The van der Waals surface area contributed by atoms with E-state index in [1.165, 1.54) is 0 Å². The maximum atomic E-state index is 12.1. The minimum atomic E-state index is -0.117. The van der Waals surface area contributed by atoms with E-state index in [1.807, 2.05) is 26.0 Å². The lowest BCUT2D eigenvalue weighted by Crippen LogP contribution is -2.41. The third-order valence-electron chi connectivity index (χ3n) is 4.23. The number of nitrogens with zero attached hydrogens (tertiary/aromatic N) is 2. The molecule has 7 heteroatoms. The van der Waals surface area contributed by atoms with Gasteiger partial charge >= 0.3 is 0 Å². The molecule has 1 heterocycles. The van der Waals surface area contributed by atoms with E-state index in [0.29, 0.717) is 25.3 Å². The summed E-state index contributed by atoms with van der Waals surface area (Å²) in [6.07, 6.45) is 1.51. The van der Waals surface area contributed by atoms with E-state index in [2.05, 4.69) is 0 Å². The van der Waals surface area contributed by atoms with Crippen molar-refractivity contribution in [2.75, 3.05) is 38.2 Å². The molecule has 0 bridgehead atoms. The van der Waals surface area contributed by atoms with Gasteiger partial charge in [0.15, 0.2) is 6.61 Å². The molecule has 1 fully saturated rings. The maximum Gasteiger partial charge on any atom is 0.260 e. The van der Waals surface area contributed by atoms with Crippen LogP contribution in [0.5, 0.6) is 5.75 Å². The molecule has 1 saturated heterocycles. The summed E-state index contributed by atoms with van der Waals surface area (Å²) in [6.45, 7) is 5.90. The van der Waals surface area contributed by atoms with E-state index in [1.54, 1.807) is 29.0 Å². The predicted molar refractivity (Wildman–Crippen MR) is 101 cm³/mol. The first-order valence-corrected chi connectivity index (χ1v) is 8.30. The Morgan fingerprint density at radius 3 is 2.48 bits per heavy atom. The van der Waals surface area contributed by atoms with Crippen LogP contribution >= 0.6 is 12.4 Å². The Bertz CT molecular complexity index is 590. The topological polar surface area (TPSA) is 75.9 Å². The second-order valence-corrected chi connectivity index (χ2v) is 7.05. The second-order valence-electron chi connectivity index (χ2n) is 7.05. The van der Waals surface area contributed by atoms with E-state index in [0.717, 1.165) is 18.7 Å². The largest absolute Gasteiger partial charge is 0.484 e. The molecular formula is C18H28ClN3O3. The van der Waals surface area contributed by atoms with Gasteiger partial charge in [-0.25, -0.2) is 0 Å². The van der Waals surface area contributed by atoms with Gasteiger partial charge in [-0.15, -0.1) is 12.4 Å². The quantitative estimate of drug-likeness (QED) is 0.798. The van der Waals surface area contributed by atoms with Gasteiger partial charge in [-0.05, 0) is 42.6 Å². The Morgan fingerprint density at radius 1 is 1.32 bits per heavy atom. The fraction of sp³-hybridized carbons (Fsp3) is 0.556. The summed E-state index contributed by atoms with van der Waals surface area (Å²) in [7, 11) is 1.76. The van der Waals surface area contributed by atoms with Crippen LogP contribution in [0.25, 0.3) is 0 Å². The summed E-state index contributed by atoms with van der Waals surface area (Å²) in [5.74, 6) is 0.684. The van der Waals surface area contributed by atoms with Gasteiger partial charge < -0.3 is 20.3 Å². The maximum absolute atomic E-state index is 12.1. The van der Waals surface area contributed by atoms with Gasteiger partial charge in [0.2, 0.25) is 5.91 Å². The number of carbonyl (C=O) groups excluding carboxylic acids is 2. The van der Waals surface area contributed by atoms with Crippen molar-refractivity contribution in [3.63, 3.8) is 0 Å². The van der Waals surface area contributed by atoms with Gasteiger partial charge in [0, 0.05) is 32.2 Å². The molecule has 1 aliphatic rings. The van der Waals surface area contributed by atoms with Crippen molar-refractivity contribution in [3.05, 3.63) is 24.3 Å². The van der Waals surface area contributed by atoms with Crippen LogP contribution < -0.4 is 15.4 Å². The van der Waals surface area contributed by atoms with Crippen LogP contribution in [0.2, 0.25) is 0 Å². The van der Waals surface area contributed by atoms with Crippen LogP contribution in [0.15, 0.2) is 24.3 Å². The number of nitrogens with two attached hydrogens (primary N) is 1. The fourth-order valence-electron chi connectivity index (χ4n) is 2.69. The normalized spacial score (nSPS) is 14.2. The van der Waals surface area contributed by atoms with Crippen molar-refractivity contribution < 1.29 is 14.3 Å². The highest BCUT2D eigenvalue weighted by atomic mass is 35.5. The Labute approximate surface area is 155 Å².